The van der Waals surface area contributed by atoms with E-state index < -0.39 is 0 Å². The van der Waals surface area contributed by atoms with Gasteiger partial charge in [-0.15, -0.1) is 5.10 Å². The lowest BCUT2D eigenvalue weighted by atomic mass is 9.49. The first-order chi connectivity index (χ1) is 14.3. The van der Waals surface area contributed by atoms with Gasteiger partial charge in [0, 0.05) is 19.6 Å². The number of carbonyl (C=O) groups is 1. The molecule has 0 aromatic heterocycles. The van der Waals surface area contributed by atoms with Crippen molar-refractivity contribution in [2.24, 2.45) is 63.5 Å². The van der Waals surface area contributed by atoms with Crippen LogP contribution in [0, 0.1) is 46.8 Å². The molecular weight excluding hydrogens is 376 g/mol. The number of carbonyl (C=O) groups excluding carboxylic acids is 1. The van der Waals surface area contributed by atoms with Gasteiger partial charge in [-0.3, -0.25) is 4.79 Å². The summed E-state index contributed by atoms with van der Waals surface area (Å²) in [5.74, 6) is 11.7. The maximum absolute atomic E-state index is 13.1. The van der Waals surface area contributed by atoms with Crippen molar-refractivity contribution >= 4 is 11.6 Å². The number of ketones is 1. The van der Waals surface area contributed by atoms with Gasteiger partial charge < -0.3 is 10.5 Å². The zero-order valence-electron chi connectivity index (χ0n) is 19.2. The van der Waals surface area contributed by atoms with Gasteiger partial charge in [0.05, 0.1) is 0 Å². The zero-order chi connectivity index (χ0) is 21.5. The van der Waals surface area contributed by atoms with Crippen molar-refractivity contribution in [2.75, 3.05) is 20.3 Å². The number of methoxy groups -OCH3 is 1. The Morgan fingerprint density at radius 3 is 2.60 bits per heavy atom. The van der Waals surface area contributed by atoms with Crippen molar-refractivity contribution in [3.8, 4) is 0 Å². The molecule has 0 aliphatic heterocycles. The molecule has 0 spiro atoms. The van der Waals surface area contributed by atoms with Crippen molar-refractivity contribution in [1.82, 2.24) is 5.12 Å². The summed E-state index contributed by atoms with van der Waals surface area (Å²) in [5, 5.41) is 5.25. The number of hydrogen-bond acceptors (Lipinski definition) is 5. The molecule has 4 N–H and O–H groups in total. The Morgan fingerprint density at radius 2 is 1.87 bits per heavy atom. The molecule has 4 aliphatic rings. The third-order valence-electron chi connectivity index (χ3n) is 9.46. The van der Waals surface area contributed by atoms with Gasteiger partial charge in [-0.2, -0.15) is 0 Å². The molecule has 4 rings (SSSR count). The Labute approximate surface area is 182 Å². The molecule has 0 heterocycles. The van der Waals surface area contributed by atoms with Gasteiger partial charge in [-0.25, -0.2) is 11.0 Å². The first-order valence-electron chi connectivity index (χ1n) is 12.2. The lowest BCUT2D eigenvalue weighted by molar-refractivity contribution is -0.131. The average molecular weight is 419 g/mol. The van der Waals surface area contributed by atoms with Crippen LogP contribution in [0.15, 0.2) is 5.10 Å². The second-order valence-corrected chi connectivity index (χ2v) is 11.0. The Hall–Kier alpha value is -1.14. The predicted molar refractivity (Wildman–Crippen MR) is 119 cm³/mol. The Kier molecular flexibility index (Phi) is 6.45. The van der Waals surface area contributed by atoms with Crippen LogP contribution < -0.4 is 11.6 Å². The molecule has 0 saturated heterocycles. The Balaban J connectivity index is 1.43. The third kappa shape index (κ3) is 4.02. The number of Topliss-reactive ketones (excluding diaryl/α,β-unsaturated/α-hetero) is 1. The van der Waals surface area contributed by atoms with Crippen LogP contribution in [0.1, 0.15) is 71.6 Å². The van der Waals surface area contributed by atoms with Gasteiger partial charge in [0.2, 0.25) is 0 Å². The lowest BCUT2D eigenvalue weighted by Crippen LogP contribution is -2.50. The molecule has 4 fully saturated rings. The molecule has 8 atom stereocenters. The maximum atomic E-state index is 13.1. The van der Waals surface area contributed by atoms with Gasteiger partial charge in [-0.1, -0.05) is 6.92 Å². The molecule has 6 heteroatoms. The van der Waals surface area contributed by atoms with Crippen molar-refractivity contribution in [2.45, 2.75) is 71.6 Å². The third-order valence-corrected chi connectivity index (χ3v) is 9.46. The molecule has 0 radical (unpaired) electrons. The Bertz CT molecular complexity index is 664. The summed E-state index contributed by atoms with van der Waals surface area (Å²) in [6.07, 6.45) is 11.6. The smallest absolute Gasteiger partial charge is 0.159 e. The highest BCUT2D eigenvalue weighted by molar-refractivity contribution is 5.84. The second-order valence-electron chi connectivity index (χ2n) is 11.0. The van der Waals surface area contributed by atoms with Crippen LogP contribution in [0.5, 0.6) is 0 Å². The van der Waals surface area contributed by atoms with Crippen molar-refractivity contribution in [3.05, 3.63) is 0 Å². The average Bonchev–Trinajstić information content (AvgIpc) is 3.04. The van der Waals surface area contributed by atoms with Gasteiger partial charge >= 0.3 is 0 Å². The first kappa shape index (κ1) is 22.1. The second kappa shape index (κ2) is 8.78. The van der Waals surface area contributed by atoms with Gasteiger partial charge in [0.1, 0.15) is 12.4 Å². The van der Waals surface area contributed by atoms with E-state index in [1.165, 1.54) is 56.5 Å². The zero-order valence-corrected chi connectivity index (χ0v) is 19.2. The Morgan fingerprint density at radius 1 is 1.10 bits per heavy atom. The number of hydrogen-bond donors (Lipinski definition) is 2. The van der Waals surface area contributed by atoms with Gasteiger partial charge in [0.25, 0.3) is 0 Å². The summed E-state index contributed by atoms with van der Waals surface area (Å²) in [7, 11) is 1.84. The molecule has 7 unspecified atom stereocenters. The van der Waals surface area contributed by atoms with Crippen LogP contribution in [-0.4, -0.2) is 37.0 Å². The van der Waals surface area contributed by atoms with E-state index in [0.717, 1.165) is 42.6 Å². The molecule has 0 aromatic carbocycles. The number of ether oxygens (including phenoxy) is 1. The van der Waals surface area contributed by atoms with Crippen LogP contribution in [0.25, 0.3) is 0 Å². The van der Waals surface area contributed by atoms with E-state index in [1.54, 1.807) is 6.92 Å². The maximum Gasteiger partial charge on any atom is 0.159 e. The van der Waals surface area contributed by atoms with Crippen LogP contribution in [-0.2, 0) is 9.53 Å². The summed E-state index contributed by atoms with van der Waals surface area (Å²) in [6.45, 7) is 5.20. The molecule has 0 amide bonds. The van der Waals surface area contributed by atoms with Crippen LogP contribution in [0.2, 0.25) is 0 Å². The highest BCUT2D eigenvalue weighted by Crippen LogP contribution is 2.64. The molecule has 6 nitrogen and oxygen atoms in total. The minimum atomic E-state index is 0.123. The highest BCUT2D eigenvalue weighted by Gasteiger charge is 2.58. The summed E-state index contributed by atoms with van der Waals surface area (Å²) in [4.78, 5) is 13.1. The van der Waals surface area contributed by atoms with Crippen molar-refractivity contribution < 1.29 is 9.53 Å². The molecule has 0 aromatic rings. The fourth-order valence-electron chi connectivity index (χ4n) is 8.37. The quantitative estimate of drug-likeness (QED) is 0.298. The minimum absolute atomic E-state index is 0.123. The summed E-state index contributed by atoms with van der Waals surface area (Å²) >= 11 is 0. The number of fused-ring (bicyclic) bond motifs is 5. The molecule has 4 saturated carbocycles. The molecular formula is C24H42N4O2. The van der Waals surface area contributed by atoms with E-state index in [1.807, 2.05) is 7.11 Å². The van der Waals surface area contributed by atoms with E-state index in [4.69, 9.17) is 16.3 Å². The molecule has 30 heavy (non-hydrogen) atoms. The number of nitrogens with zero attached hydrogens (tertiary/aromatic N) is 2. The van der Waals surface area contributed by atoms with E-state index in [2.05, 4.69) is 12.0 Å². The van der Waals surface area contributed by atoms with Crippen LogP contribution in [0.3, 0.4) is 0 Å². The van der Waals surface area contributed by atoms with Crippen molar-refractivity contribution in [3.63, 3.8) is 0 Å². The van der Waals surface area contributed by atoms with Crippen LogP contribution >= 0.6 is 0 Å². The van der Waals surface area contributed by atoms with E-state index >= 15 is 0 Å². The summed E-state index contributed by atoms with van der Waals surface area (Å²) in [6, 6.07) is 0. The van der Waals surface area contributed by atoms with E-state index in [-0.39, 0.29) is 23.7 Å². The number of nitrogens with two attached hydrogens (primary N) is 2. The van der Waals surface area contributed by atoms with Gasteiger partial charge in [-0.05, 0) is 106 Å². The number of amidine groups is 1. The fraction of sp³-hybridized carbons (Fsp3) is 0.917. The fourth-order valence-corrected chi connectivity index (χ4v) is 8.37. The summed E-state index contributed by atoms with van der Waals surface area (Å²) < 4.78 is 5.46. The standard InChI is InChI=1S/C24H42N4O2/c1-15(25)27-28(26)13-23(29)22-9-8-21-20-7-5-17-12-16(14-30-3)4-6-18(17)19(20)10-11-24(21,22)2/h16-22H,4-14,26H2,1-3H3,(H2,25,27)/t16?,17?,18?,19?,20?,21?,22-,24?/m1/s1. The SMILES string of the molecule is COCC1CCC2C(CCC3C2CCC2(C)C3CC[C@@H]2C(=O)CN(N)/N=C(/C)N)C1. The van der Waals surface area contributed by atoms with E-state index in [9.17, 15) is 4.79 Å². The summed E-state index contributed by atoms with van der Waals surface area (Å²) in [5.41, 5.74) is 5.76. The van der Waals surface area contributed by atoms with Crippen molar-refractivity contribution in [1.29, 1.82) is 0 Å². The van der Waals surface area contributed by atoms with Crippen LogP contribution in [0.4, 0.5) is 0 Å². The van der Waals surface area contributed by atoms with Gasteiger partial charge in [0.15, 0.2) is 5.78 Å². The number of hydrazine groups is 1. The normalized spacial score (nSPS) is 43.5. The number of rotatable bonds is 6. The first-order valence-corrected chi connectivity index (χ1v) is 12.2. The highest BCUT2D eigenvalue weighted by atomic mass is 16.5. The topological polar surface area (TPSA) is 93.9 Å². The predicted octanol–water partition coefficient (Wildman–Crippen LogP) is 3.55. The monoisotopic (exact) mass is 418 g/mol. The largest absolute Gasteiger partial charge is 0.386 e. The minimum Gasteiger partial charge on any atom is -0.386 e. The number of hydrazone groups is 1. The molecule has 4 aliphatic carbocycles. The lowest BCUT2D eigenvalue weighted by Gasteiger charge is -2.56. The molecule has 170 valence electrons. The van der Waals surface area contributed by atoms with E-state index in [0.29, 0.717) is 11.8 Å². The molecule has 0 bridgehead atoms.